The molecule has 0 aliphatic carbocycles. The molecule has 10 heavy (non-hydrogen) atoms. The number of rotatable bonds is 0. The molecule has 0 radical (unpaired) electrons. The second-order valence-corrected chi connectivity index (χ2v) is 2.85. The maximum atomic E-state index is 10.8. The number of halogens is 2. The second-order valence-electron chi connectivity index (χ2n) is 2.02. The van der Waals surface area contributed by atoms with Gasteiger partial charge in [0.25, 0.3) is 5.91 Å². The lowest BCUT2D eigenvalue weighted by Crippen LogP contribution is -2.43. The van der Waals surface area contributed by atoms with Crippen LogP contribution in [0.3, 0.4) is 0 Å². The minimum atomic E-state index is -0.347. The Morgan fingerprint density at radius 2 is 2.20 bits per heavy atom. The number of amides is 1. The first kappa shape index (κ1) is 7.85. The molecule has 0 spiro atoms. The lowest BCUT2D eigenvalue weighted by atomic mass is 10.4. The first-order valence-electron chi connectivity index (χ1n) is 2.67. The first-order valence-corrected chi connectivity index (χ1v) is 3.43. The number of hydrazine groups is 1. The summed E-state index contributed by atoms with van der Waals surface area (Å²) < 4.78 is 0. The Kier molecular flexibility index (Phi) is 2.18. The van der Waals surface area contributed by atoms with Crippen LogP contribution in [0.2, 0.25) is 0 Å². The van der Waals surface area contributed by atoms with Crippen molar-refractivity contribution in [3.63, 3.8) is 0 Å². The number of carbonyl (C=O) groups excluding carboxylic acids is 1. The molecule has 1 aliphatic heterocycles. The third-order valence-electron chi connectivity index (χ3n) is 1.11. The molecule has 0 aromatic carbocycles. The van der Waals surface area contributed by atoms with Crippen LogP contribution in [-0.4, -0.2) is 24.5 Å². The van der Waals surface area contributed by atoms with E-state index in [0.717, 1.165) is 0 Å². The van der Waals surface area contributed by atoms with Gasteiger partial charge in [0, 0.05) is 7.05 Å². The summed E-state index contributed by atoms with van der Waals surface area (Å²) in [6.45, 7) is 0.464. The molecule has 0 saturated carbocycles. The topological polar surface area (TPSA) is 32.3 Å². The van der Waals surface area contributed by atoms with Gasteiger partial charge in [0.1, 0.15) is 5.03 Å². The standard InChI is InChI=1S/C5H6Cl2N2O/c1-9-2-3(6)4(7)5(10)8-9/h2H2,1H3,(H,8,10). The molecule has 1 heterocycles. The molecule has 56 valence electrons. The van der Waals surface area contributed by atoms with Crippen LogP contribution >= 0.6 is 23.2 Å². The Hall–Kier alpha value is -0.250. The van der Waals surface area contributed by atoms with Gasteiger partial charge in [-0.1, -0.05) is 23.2 Å². The molecule has 1 amide bonds. The molecular formula is C5H6Cl2N2O. The van der Waals surface area contributed by atoms with Crippen LogP contribution in [0.5, 0.6) is 0 Å². The van der Waals surface area contributed by atoms with E-state index in [4.69, 9.17) is 23.2 Å². The third kappa shape index (κ3) is 1.42. The van der Waals surface area contributed by atoms with E-state index >= 15 is 0 Å². The number of likely N-dealkylation sites (N-methyl/N-ethyl adjacent to an activating group) is 1. The van der Waals surface area contributed by atoms with E-state index in [-0.39, 0.29) is 10.9 Å². The summed E-state index contributed by atoms with van der Waals surface area (Å²) >= 11 is 11.1. The lowest BCUT2D eigenvalue weighted by Gasteiger charge is -2.22. The minimum absolute atomic E-state index is 0.0831. The van der Waals surface area contributed by atoms with Gasteiger partial charge in [0.15, 0.2) is 0 Å². The van der Waals surface area contributed by atoms with Crippen molar-refractivity contribution < 1.29 is 4.79 Å². The number of carbonyl (C=O) groups is 1. The van der Waals surface area contributed by atoms with Gasteiger partial charge in [0.2, 0.25) is 0 Å². The molecular weight excluding hydrogens is 175 g/mol. The Labute approximate surface area is 68.6 Å². The van der Waals surface area contributed by atoms with Crippen molar-refractivity contribution in [3.8, 4) is 0 Å². The van der Waals surface area contributed by atoms with E-state index in [1.807, 2.05) is 0 Å². The van der Waals surface area contributed by atoms with Crippen molar-refractivity contribution in [3.05, 3.63) is 10.1 Å². The normalized spacial score (nSPS) is 21.3. The van der Waals surface area contributed by atoms with Crippen LogP contribution in [0.1, 0.15) is 0 Å². The van der Waals surface area contributed by atoms with Crippen molar-refractivity contribution in [2.45, 2.75) is 0 Å². The second kappa shape index (κ2) is 2.78. The molecule has 0 fully saturated rings. The molecule has 1 aliphatic rings. The highest BCUT2D eigenvalue weighted by molar-refractivity contribution is 6.48. The number of nitrogens with one attached hydrogen (secondary N) is 1. The fourth-order valence-corrected chi connectivity index (χ4v) is 1.03. The fourth-order valence-electron chi connectivity index (χ4n) is 0.663. The van der Waals surface area contributed by atoms with Crippen LogP contribution in [0.4, 0.5) is 0 Å². The van der Waals surface area contributed by atoms with Crippen molar-refractivity contribution in [2.75, 3.05) is 13.6 Å². The summed E-state index contributed by atoms with van der Waals surface area (Å²) in [5, 5.41) is 2.03. The quantitative estimate of drug-likeness (QED) is 0.595. The fraction of sp³-hybridized carbons (Fsp3) is 0.400. The number of hydrogen-bond acceptors (Lipinski definition) is 2. The molecule has 1 N–H and O–H groups in total. The first-order chi connectivity index (χ1) is 4.61. The summed E-state index contributed by atoms with van der Waals surface area (Å²) in [7, 11) is 1.71. The lowest BCUT2D eigenvalue weighted by molar-refractivity contribution is -0.121. The van der Waals surface area contributed by atoms with Crippen LogP contribution in [-0.2, 0) is 4.79 Å². The minimum Gasteiger partial charge on any atom is -0.284 e. The predicted molar refractivity (Wildman–Crippen MR) is 39.5 cm³/mol. The molecule has 0 aromatic heterocycles. The predicted octanol–water partition coefficient (Wildman–Crippen LogP) is 0.652. The molecule has 0 bridgehead atoms. The average molecular weight is 181 g/mol. The average Bonchev–Trinajstić information content (AvgIpc) is 1.82. The zero-order valence-electron chi connectivity index (χ0n) is 5.32. The number of nitrogens with zero attached hydrogens (tertiary/aromatic N) is 1. The Balaban J connectivity index is 2.85. The van der Waals surface area contributed by atoms with Crippen LogP contribution < -0.4 is 5.43 Å². The van der Waals surface area contributed by atoms with Gasteiger partial charge in [-0.05, 0) is 0 Å². The van der Waals surface area contributed by atoms with Gasteiger partial charge in [-0.2, -0.15) is 0 Å². The van der Waals surface area contributed by atoms with Crippen LogP contribution in [0.15, 0.2) is 10.1 Å². The Morgan fingerprint density at radius 3 is 2.70 bits per heavy atom. The third-order valence-corrected chi connectivity index (χ3v) is 1.91. The van der Waals surface area contributed by atoms with Gasteiger partial charge < -0.3 is 0 Å². The van der Waals surface area contributed by atoms with E-state index in [1.165, 1.54) is 0 Å². The van der Waals surface area contributed by atoms with Gasteiger partial charge >= 0.3 is 0 Å². The SMILES string of the molecule is CN1CC(Cl)=C(Cl)C(=O)N1. The molecule has 1 rings (SSSR count). The van der Waals surface area contributed by atoms with Gasteiger partial charge in [-0.25, -0.2) is 5.01 Å². The van der Waals surface area contributed by atoms with Crippen LogP contribution in [0, 0.1) is 0 Å². The monoisotopic (exact) mass is 180 g/mol. The zero-order chi connectivity index (χ0) is 7.72. The molecule has 0 saturated heterocycles. The summed E-state index contributed by atoms with van der Waals surface area (Å²) in [5.74, 6) is -0.347. The molecule has 0 unspecified atom stereocenters. The summed E-state index contributed by atoms with van der Waals surface area (Å²) in [5.41, 5.74) is 2.48. The maximum Gasteiger partial charge on any atom is 0.278 e. The maximum absolute atomic E-state index is 10.8. The Morgan fingerprint density at radius 1 is 1.60 bits per heavy atom. The van der Waals surface area contributed by atoms with Gasteiger partial charge in [-0.15, -0.1) is 0 Å². The van der Waals surface area contributed by atoms with Crippen molar-refractivity contribution in [2.24, 2.45) is 0 Å². The summed E-state index contributed by atoms with van der Waals surface area (Å²) in [4.78, 5) is 10.8. The molecule has 5 heteroatoms. The van der Waals surface area contributed by atoms with E-state index in [2.05, 4.69) is 5.43 Å². The highest BCUT2D eigenvalue weighted by atomic mass is 35.5. The highest BCUT2D eigenvalue weighted by Gasteiger charge is 2.19. The van der Waals surface area contributed by atoms with E-state index in [0.29, 0.717) is 11.6 Å². The van der Waals surface area contributed by atoms with Crippen molar-refractivity contribution in [1.29, 1.82) is 0 Å². The molecule has 0 atom stereocenters. The van der Waals surface area contributed by atoms with Gasteiger partial charge in [0.05, 0.1) is 11.6 Å². The van der Waals surface area contributed by atoms with E-state index in [9.17, 15) is 4.79 Å². The summed E-state index contributed by atoms with van der Waals surface area (Å²) in [6.07, 6.45) is 0. The Bertz CT molecular complexity index is 202. The molecule has 3 nitrogen and oxygen atoms in total. The van der Waals surface area contributed by atoms with Crippen molar-refractivity contribution in [1.82, 2.24) is 10.4 Å². The van der Waals surface area contributed by atoms with E-state index in [1.54, 1.807) is 12.1 Å². The number of hydrogen-bond donors (Lipinski definition) is 1. The highest BCUT2D eigenvalue weighted by Crippen LogP contribution is 2.17. The van der Waals surface area contributed by atoms with Crippen molar-refractivity contribution >= 4 is 29.1 Å². The van der Waals surface area contributed by atoms with E-state index < -0.39 is 0 Å². The summed E-state index contributed by atoms with van der Waals surface area (Å²) in [6, 6.07) is 0. The van der Waals surface area contributed by atoms with Gasteiger partial charge in [-0.3, -0.25) is 10.2 Å². The smallest absolute Gasteiger partial charge is 0.278 e. The largest absolute Gasteiger partial charge is 0.284 e. The zero-order valence-corrected chi connectivity index (χ0v) is 6.83. The van der Waals surface area contributed by atoms with Crippen LogP contribution in [0.25, 0.3) is 0 Å². The molecule has 0 aromatic rings.